The van der Waals surface area contributed by atoms with Crippen molar-refractivity contribution in [2.45, 2.75) is 399 Å². The van der Waals surface area contributed by atoms with Gasteiger partial charge < -0.3 is 14.2 Å². The van der Waals surface area contributed by atoms with Gasteiger partial charge in [0.25, 0.3) is 0 Å². The molecule has 0 radical (unpaired) electrons. The molecule has 6 heteroatoms. The van der Waals surface area contributed by atoms with Crippen molar-refractivity contribution in [2.24, 2.45) is 0 Å². The third kappa shape index (κ3) is 66.3. The highest BCUT2D eigenvalue weighted by Crippen LogP contribution is 2.19. The van der Waals surface area contributed by atoms with Gasteiger partial charge in [0.2, 0.25) is 0 Å². The molecule has 0 rings (SSSR count). The summed E-state index contributed by atoms with van der Waals surface area (Å²) in [5.74, 6) is -0.849. The average molecular weight is 1110 g/mol. The van der Waals surface area contributed by atoms with Crippen molar-refractivity contribution >= 4 is 17.9 Å². The van der Waals surface area contributed by atoms with E-state index < -0.39 is 6.10 Å². The number of rotatable bonds is 66. The number of carbonyl (C=O) groups excluding carboxylic acids is 3. The van der Waals surface area contributed by atoms with Gasteiger partial charge in [0, 0.05) is 19.3 Å². The average Bonchev–Trinajstić information content (AvgIpc) is 3.45. The van der Waals surface area contributed by atoms with Crippen LogP contribution in [0.3, 0.4) is 0 Å². The van der Waals surface area contributed by atoms with E-state index >= 15 is 0 Å². The van der Waals surface area contributed by atoms with E-state index in [1.165, 1.54) is 283 Å². The van der Waals surface area contributed by atoms with E-state index in [1.54, 1.807) is 0 Å². The van der Waals surface area contributed by atoms with E-state index in [4.69, 9.17) is 14.2 Å². The molecule has 0 aliphatic heterocycles. The molecule has 0 amide bonds. The topological polar surface area (TPSA) is 78.9 Å². The van der Waals surface area contributed by atoms with Gasteiger partial charge >= 0.3 is 17.9 Å². The van der Waals surface area contributed by atoms with Gasteiger partial charge in [-0.25, -0.2) is 0 Å². The second-order valence-corrected chi connectivity index (χ2v) is 24.2. The Morgan fingerprint density at radius 3 is 0.709 bits per heavy atom. The highest BCUT2D eigenvalue weighted by molar-refractivity contribution is 5.71. The first kappa shape index (κ1) is 76.6. The van der Waals surface area contributed by atoms with Gasteiger partial charge in [-0.2, -0.15) is 0 Å². The number of hydrogen-bond donors (Lipinski definition) is 0. The predicted octanol–water partition coefficient (Wildman–Crippen LogP) is 24.3. The molecule has 0 aromatic carbocycles. The minimum Gasteiger partial charge on any atom is -0.462 e. The molecule has 79 heavy (non-hydrogen) atoms. The van der Waals surface area contributed by atoms with Crippen LogP contribution in [-0.2, 0) is 28.6 Å². The molecular weight excluding hydrogens is 973 g/mol. The second kappa shape index (κ2) is 68.1. The second-order valence-electron chi connectivity index (χ2n) is 24.2. The summed E-state index contributed by atoms with van der Waals surface area (Å²) >= 11 is 0. The lowest BCUT2D eigenvalue weighted by Crippen LogP contribution is -2.30. The van der Waals surface area contributed by atoms with Crippen LogP contribution < -0.4 is 0 Å². The zero-order valence-corrected chi connectivity index (χ0v) is 53.4. The fourth-order valence-corrected chi connectivity index (χ4v) is 10.8. The highest BCUT2D eigenvalue weighted by atomic mass is 16.6. The van der Waals surface area contributed by atoms with Gasteiger partial charge in [-0.15, -0.1) is 0 Å². The molecule has 0 aromatic rings. The smallest absolute Gasteiger partial charge is 0.306 e. The first-order valence-electron chi connectivity index (χ1n) is 35.5. The molecule has 1 unspecified atom stereocenters. The first-order valence-corrected chi connectivity index (χ1v) is 35.5. The minimum absolute atomic E-state index is 0.0677. The van der Waals surface area contributed by atoms with Crippen molar-refractivity contribution in [1.82, 2.24) is 0 Å². The largest absolute Gasteiger partial charge is 0.462 e. The maximum Gasteiger partial charge on any atom is 0.306 e. The predicted molar refractivity (Wildman–Crippen MR) is 344 cm³/mol. The number of esters is 3. The fraction of sp³-hybridized carbons (Fsp3) is 0.877. The third-order valence-electron chi connectivity index (χ3n) is 16.1. The quantitative estimate of drug-likeness (QED) is 0.0261. The van der Waals surface area contributed by atoms with Gasteiger partial charge in [0.05, 0.1) is 0 Å². The zero-order valence-electron chi connectivity index (χ0n) is 53.4. The number of ether oxygens (including phenoxy) is 3. The number of unbranched alkanes of at least 4 members (excludes halogenated alkanes) is 49. The van der Waals surface area contributed by atoms with Crippen LogP contribution in [0.25, 0.3) is 0 Å². The summed E-state index contributed by atoms with van der Waals surface area (Å²) < 4.78 is 16.9. The van der Waals surface area contributed by atoms with Crippen LogP contribution in [0, 0.1) is 0 Å². The summed E-state index contributed by atoms with van der Waals surface area (Å²) in [5.41, 5.74) is 0. The Bertz CT molecular complexity index is 1320. The molecule has 0 aliphatic rings. The molecule has 0 spiro atoms. The molecule has 0 aromatic heterocycles. The van der Waals surface area contributed by atoms with Crippen LogP contribution in [0.1, 0.15) is 393 Å². The molecule has 6 nitrogen and oxygen atoms in total. The molecule has 0 saturated carbocycles. The Hall–Kier alpha value is -2.37. The van der Waals surface area contributed by atoms with Crippen LogP contribution >= 0.6 is 0 Å². The molecule has 0 bridgehead atoms. The maximum absolute atomic E-state index is 12.9. The SMILES string of the molecule is CCCCCCC/C=C\C/C=C\C/C=C\CCCCCCCCCCCCCCC(=O)OCC(COC(=O)CCCCCCCCC)OC(=O)CCCCCCCCCCCCCCCCCCCCCCCCCCCCC. The lowest BCUT2D eigenvalue weighted by atomic mass is 10.0. The number of allylic oxidation sites excluding steroid dienone is 6. The normalized spacial score (nSPS) is 12.2. The Morgan fingerprint density at radius 2 is 0.456 bits per heavy atom. The molecule has 0 heterocycles. The number of carbonyl (C=O) groups is 3. The first-order chi connectivity index (χ1) is 39.0. The summed E-state index contributed by atoms with van der Waals surface area (Å²) in [6.07, 6.45) is 85.0. The van der Waals surface area contributed by atoms with E-state index in [0.717, 1.165) is 70.6 Å². The fourth-order valence-electron chi connectivity index (χ4n) is 10.8. The Morgan fingerprint density at radius 1 is 0.253 bits per heavy atom. The monoisotopic (exact) mass is 1110 g/mol. The van der Waals surface area contributed by atoms with Crippen molar-refractivity contribution in [2.75, 3.05) is 13.2 Å². The summed E-state index contributed by atoms with van der Waals surface area (Å²) in [6, 6.07) is 0. The van der Waals surface area contributed by atoms with Gasteiger partial charge in [-0.05, 0) is 57.8 Å². The molecule has 0 N–H and O–H groups in total. The molecule has 0 aliphatic carbocycles. The Labute approximate surface area is 493 Å². The van der Waals surface area contributed by atoms with E-state index in [1.807, 2.05) is 0 Å². The Kier molecular flexibility index (Phi) is 66.1. The van der Waals surface area contributed by atoms with Crippen LogP contribution in [0.2, 0.25) is 0 Å². The van der Waals surface area contributed by atoms with Crippen molar-refractivity contribution < 1.29 is 28.6 Å². The van der Waals surface area contributed by atoms with Crippen LogP contribution in [0.4, 0.5) is 0 Å². The van der Waals surface area contributed by atoms with Gasteiger partial charge in [0.1, 0.15) is 13.2 Å². The standard InChI is InChI=1S/C73H136O6/c1-4-7-10-13-16-18-20-22-24-26-28-30-32-34-36-38-40-42-44-46-48-50-52-54-57-60-63-66-72(75)78-69-70(68-77-71(74)65-62-59-56-15-12-9-6-3)79-73(76)67-64-61-58-55-53-51-49-47-45-43-41-39-37-35-33-31-29-27-25-23-21-19-17-14-11-8-5-2/h20,22,26,28,32,34,70H,4-19,21,23-25,27,29-31,33,35-69H2,1-3H3/b22-20-,28-26-,34-32-. The summed E-state index contributed by atoms with van der Waals surface area (Å²) in [6.45, 7) is 6.65. The van der Waals surface area contributed by atoms with E-state index in [-0.39, 0.29) is 31.1 Å². The number of hydrogen-bond acceptors (Lipinski definition) is 6. The lowest BCUT2D eigenvalue weighted by Gasteiger charge is -2.18. The zero-order chi connectivity index (χ0) is 57.1. The highest BCUT2D eigenvalue weighted by Gasteiger charge is 2.19. The van der Waals surface area contributed by atoms with Crippen LogP contribution in [0.15, 0.2) is 36.5 Å². The van der Waals surface area contributed by atoms with E-state index in [0.29, 0.717) is 19.3 Å². The summed E-state index contributed by atoms with van der Waals surface area (Å²) in [4.78, 5) is 38.2. The van der Waals surface area contributed by atoms with Crippen LogP contribution in [-0.4, -0.2) is 37.2 Å². The lowest BCUT2D eigenvalue weighted by molar-refractivity contribution is -0.167. The molecule has 1 atom stereocenters. The van der Waals surface area contributed by atoms with E-state index in [9.17, 15) is 14.4 Å². The van der Waals surface area contributed by atoms with Crippen LogP contribution in [0.5, 0.6) is 0 Å². The van der Waals surface area contributed by atoms with Gasteiger partial charge in [-0.3, -0.25) is 14.4 Å². The van der Waals surface area contributed by atoms with Crippen molar-refractivity contribution in [3.8, 4) is 0 Å². The third-order valence-corrected chi connectivity index (χ3v) is 16.1. The molecule has 0 saturated heterocycles. The van der Waals surface area contributed by atoms with Crippen molar-refractivity contribution in [1.29, 1.82) is 0 Å². The van der Waals surface area contributed by atoms with Gasteiger partial charge in [-0.1, -0.05) is 353 Å². The minimum atomic E-state index is -0.768. The van der Waals surface area contributed by atoms with E-state index in [2.05, 4.69) is 57.2 Å². The summed E-state index contributed by atoms with van der Waals surface area (Å²) in [7, 11) is 0. The summed E-state index contributed by atoms with van der Waals surface area (Å²) in [5, 5.41) is 0. The van der Waals surface area contributed by atoms with Crippen molar-refractivity contribution in [3.63, 3.8) is 0 Å². The molecule has 464 valence electrons. The molecule has 0 fully saturated rings. The maximum atomic E-state index is 12.9. The van der Waals surface area contributed by atoms with Crippen molar-refractivity contribution in [3.05, 3.63) is 36.5 Å². The molecular formula is C73H136O6. The Balaban J connectivity index is 4.03. The van der Waals surface area contributed by atoms with Gasteiger partial charge in [0.15, 0.2) is 6.10 Å².